The molecule has 4 aliphatic heterocycles. The minimum Gasteiger partial charge on any atom is -0.494 e. The van der Waals surface area contributed by atoms with Gasteiger partial charge in [-0.2, -0.15) is 0 Å². The second kappa shape index (κ2) is 9.23. The van der Waals surface area contributed by atoms with Crippen LogP contribution in [0.3, 0.4) is 0 Å². The van der Waals surface area contributed by atoms with Crippen molar-refractivity contribution in [2.75, 3.05) is 50.8 Å². The summed E-state index contributed by atoms with van der Waals surface area (Å²) in [5.74, 6) is 1.11. The van der Waals surface area contributed by atoms with E-state index in [1.54, 1.807) is 24.4 Å². The zero-order valence-corrected chi connectivity index (χ0v) is 20.2. The Morgan fingerprint density at radius 1 is 1.11 bits per heavy atom. The van der Waals surface area contributed by atoms with Gasteiger partial charge in [0, 0.05) is 51.5 Å². The maximum atomic E-state index is 13.4. The van der Waals surface area contributed by atoms with E-state index < -0.39 is 6.10 Å². The number of hydrogen-bond donors (Lipinski definition) is 3. The van der Waals surface area contributed by atoms with Crippen molar-refractivity contribution < 1.29 is 19.7 Å². The van der Waals surface area contributed by atoms with Gasteiger partial charge < -0.3 is 29.7 Å². The lowest BCUT2D eigenvalue weighted by Gasteiger charge is -2.38. The van der Waals surface area contributed by atoms with Crippen LogP contribution in [-0.2, 0) is 4.79 Å². The average Bonchev–Trinajstić information content (AvgIpc) is 3.41. The third-order valence-electron chi connectivity index (χ3n) is 7.04. The van der Waals surface area contributed by atoms with Crippen molar-refractivity contribution >= 4 is 46.3 Å². The Kier molecular flexibility index (Phi) is 5.90. The van der Waals surface area contributed by atoms with Gasteiger partial charge in [0.25, 0.3) is 0 Å². The summed E-state index contributed by atoms with van der Waals surface area (Å²) in [6.07, 6.45) is 2.89. The van der Waals surface area contributed by atoms with Crippen LogP contribution >= 0.6 is 11.6 Å². The van der Waals surface area contributed by atoms with Crippen LogP contribution < -0.4 is 9.64 Å². The second-order valence-electron chi connectivity index (χ2n) is 9.24. The Balaban J connectivity index is 1.41. The number of carbonyl (C=O) groups is 1. The number of aliphatic hydroxyl groups is 1. The highest BCUT2D eigenvalue weighted by Gasteiger charge is 2.39. The molecule has 1 aromatic carbocycles. The number of nitrogens with zero attached hydrogens (tertiary/aromatic N) is 6. The van der Waals surface area contributed by atoms with Crippen LogP contribution in [0.25, 0.3) is 11.0 Å². The number of aromatic nitrogens is 3. The third kappa shape index (κ3) is 4.12. The Bertz CT molecular complexity index is 1340. The van der Waals surface area contributed by atoms with Crippen molar-refractivity contribution in [3.63, 3.8) is 0 Å². The fourth-order valence-corrected chi connectivity index (χ4v) is 5.38. The molecule has 4 bridgehead atoms. The first kappa shape index (κ1) is 23.0. The molecule has 36 heavy (non-hydrogen) atoms. The molecule has 188 valence electrons. The summed E-state index contributed by atoms with van der Waals surface area (Å²) in [7, 11) is 0. The number of nitrogens with one attached hydrogen (secondary N) is 1. The number of aliphatic imine (C=N–C) groups is 1. The van der Waals surface area contributed by atoms with Crippen molar-refractivity contribution in [2.24, 2.45) is 4.99 Å². The van der Waals surface area contributed by atoms with Crippen molar-refractivity contribution in [1.82, 2.24) is 24.8 Å². The van der Waals surface area contributed by atoms with Gasteiger partial charge in [-0.25, -0.2) is 9.97 Å². The normalized spacial score (nSPS) is 23.0. The number of carbonyl (C=O) groups excluding carboxylic acids is 1. The van der Waals surface area contributed by atoms with Crippen LogP contribution in [0.15, 0.2) is 29.5 Å². The maximum absolute atomic E-state index is 13.4. The van der Waals surface area contributed by atoms with E-state index in [1.807, 2.05) is 9.80 Å². The first-order valence-electron chi connectivity index (χ1n) is 12.0. The zero-order valence-electron chi connectivity index (χ0n) is 19.5. The van der Waals surface area contributed by atoms with E-state index in [1.165, 1.54) is 6.33 Å². The molecule has 2 saturated heterocycles. The summed E-state index contributed by atoms with van der Waals surface area (Å²) in [6.45, 7) is 3.44. The Morgan fingerprint density at radius 2 is 1.92 bits per heavy atom. The summed E-state index contributed by atoms with van der Waals surface area (Å²) in [5.41, 5.74) is 1.58. The first-order valence-corrected chi connectivity index (χ1v) is 12.3. The SMILES string of the molecule is O=C1[C@H]2C[C@@H](O)CN2CCOc2cc(ccc2Cl)N=Cc2c(O)[nH]c3ncnc(c23)N2CCN1CC2. The van der Waals surface area contributed by atoms with Gasteiger partial charge in [0.1, 0.15) is 30.1 Å². The number of amides is 1. The van der Waals surface area contributed by atoms with Crippen LogP contribution in [0.4, 0.5) is 11.5 Å². The lowest BCUT2D eigenvalue weighted by molar-refractivity contribution is -0.136. The minimum absolute atomic E-state index is 0.0206. The molecule has 1 amide bonds. The zero-order chi connectivity index (χ0) is 24.8. The van der Waals surface area contributed by atoms with E-state index in [4.69, 9.17) is 16.3 Å². The summed E-state index contributed by atoms with van der Waals surface area (Å²) in [5, 5.41) is 22.0. The second-order valence-corrected chi connectivity index (χ2v) is 9.65. The fourth-order valence-electron chi connectivity index (χ4n) is 5.21. The smallest absolute Gasteiger partial charge is 0.240 e. The van der Waals surface area contributed by atoms with Gasteiger partial charge >= 0.3 is 0 Å². The fraction of sp³-hybridized carbons (Fsp3) is 0.417. The largest absolute Gasteiger partial charge is 0.494 e. The number of hydrogen-bond acceptors (Lipinski definition) is 9. The quantitative estimate of drug-likeness (QED) is 0.414. The van der Waals surface area contributed by atoms with E-state index in [-0.39, 0.29) is 17.8 Å². The van der Waals surface area contributed by atoms with E-state index in [0.29, 0.717) is 91.2 Å². The van der Waals surface area contributed by atoms with Crippen molar-refractivity contribution in [2.45, 2.75) is 18.6 Å². The molecule has 0 radical (unpaired) electrons. The molecule has 11 nitrogen and oxygen atoms in total. The van der Waals surface area contributed by atoms with Crippen molar-refractivity contribution in [1.29, 1.82) is 0 Å². The van der Waals surface area contributed by atoms with Gasteiger partial charge in [-0.05, 0) is 18.6 Å². The van der Waals surface area contributed by atoms with E-state index in [0.717, 1.165) is 0 Å². The Hall–Kier alpha value is -3.41. The number of aliphatic hydroxyl groups excluding tert-OH is 1. The van der Waals surface area contributed by atoms with Gasteiger partial charge in [-0.1, -0.05) is 11.6 Å². The number of benzene rings is 1. The predicted octanol–water partition coefficient (Wildman–Crippen LogP) is 1.54. The molecule has 0 aliphatic carbocycles. The van der Waals surface area contributed by atoms with Crippen LogP contribution in [0.2, 0.25) is 5.02 Å². The number of H-pyrrole nitrogens is 1. The highest BCUT2D eigenvalue weighted by atomic mass is 35.5. The molecule has 6 heterocycles. The maximum Gasteiger partial charge on any atom is 0.240 e. The molecule has 2 aromatic heterocycles. The highest BCUT2D eigenvalue weighted by molar-refractivity contribution is 6.32. The van der Waals surface area contributed by atoms with E-state index in [2.05, 4.69) is 24.8 Å². The van der Waals surface area contributed by atoms with Gasteiger partial charge in [-0.15, -0.1) is 0 Å². The molecule has 2 atom stereocenters. The summed E-state index contributed by atoms with van der Waals surface area (Å²) in [4.78, 5) is 35.6. The number of halogens is 1. The summed E-state index contributed by atoms with van der Waals surface area (Å²) >= 11 is 6.35. The topological polar surface area (TPSA) is 130 Å². The molecule has 4 aliphatic rings. The van der Waals surface area contributed by atoms with E-state index in [9.17, 15) is 15.0 Å². The molecule has 7 rings (SSSR count). The molecule has 0 spiro atoms. The number of aromatic hydroxyl groups is 1. The standard InChI is InChI=1S/C24H26ClN7O4/c25-17-2-1-14-9-19(17)36-8-7-32-12-15(33)10-18(32)24(35)31-5-3-30(4-6-31)22-20-16(11-26-14)23(34)29-21(20)27-13-28-22/h1-2,9,11,13,15,18,33-34H,3-8,10,12H2,(H,27,28,29)/t15-,18-/m1/s1. The number of anilines is 1. The number of aromatic amines is 1. The third-order valence-corrected chi connectivity index (χ3v) is 7.35. The van der Waals surface area contributed by atoms with Gasteiger partial charge in [0.05, 0.1) is 33.8 Å². The highest BCUT2D eigenvalue weighted by Crippen LogP contribution is 2.34. The molecule has 12 heteroatoms. The van der Waals surface area contributed by atoms with Crippen LogP contribution in [0.1, 0.15) is 12.0 Å². The van der Waals surface area contributed by atoms with E-state index >= 15 is 0 Å². The van der Waals surface area contributed by atoms with Crippen LogP contribution in [-0.4, -0.2) is 105 Å². The van der Waals surface area contributed by atoms with Crippen molar-refractivity contribution in [3.05, 3.63) is 35.1 Å². The van der Waals surface area contributed by atoms with Crippen LogP contribution in [0, 0.1) is 0 Å². The van der Waals surface area contributed by atoms with Gasteiger partial charge in [0.15, 0.2) is 5.88 Å². The molecule has 3 aromatic rings. The summed E-state index contributed by atoms with van der Waals surface area (Å²) < 4.78 is 5.95. The molecule has 0 saturated carbocycles. The van der Waals surface area contributed by atoms with Crippen molar-refractivity contribution in [3.8, 4) is 11.6 Å². The number of piperazine rings is 1. The number of fused-ring (bicyclic) bond motifs is 4. The van der Waals surface area contributed by atoms with Crippen LogP contribution in [0.5, 0.6) is 11.6 Å². The Labute approximate surface area is 212 Å². The molecule has 3 N–H and O–H groups in total. The number of ether oxygens (including phenoxy) is 1. The molecular formula is C24H26ClN7O4. The average molecular weight is 512 g/mol. The molecule has 2 fully saturated rings. The lowest BCUT2D eigenvalue weighted by Crippen LogP contribution is -2.54. The molecule has 0 unspecified atom stereocenters. The first-order chi connectivity index (χ1) is 17.5. The monoisotopic (exact) mass is 511 g/mol. The van der Waals surface area contributed by atoms with Gasteiger partial charge in [0.2, 0.25) is 5.91 Å². The lowest BCUT2D eigenvalue weighted by atomic mass is 10.1. The predicted molar refractivity (Wildman–Crippen MR) is 135 cm³/mol. The number of rotatable bonds is 0. The minimum atomic E-state index is -0.551. The molecular weight excluding hydrogens is 486 g/mol. The Morgan fingerprint density at radius 3 is 2.75 bits per heavy atom. The van der Waals surface area contributed by atoms with Gasteiger partial charge in [-0.3, -0.25) is 14.7 Å². The summed E-state index contributed by atoms with van der Waals surface area (Å²) in [6, 6.07) is 4.80.